The molecule has 1 aliphatic carbocycles. The molecule has 0 aliphatic heterocycles. The molecule has 100 valence electrons. The lowest BCUT2D eigenvalue weighted by molar-refractivity contribution is -0.119. The van der Waals surface area contributed by atoms with Gasteiger partial charge in [0.25, 0.3) is 5.88 Å². The van der Waals surface area contributed by atoms with Crippen molar-refractivity contribution >= 4 is 35.6 Å². The number of anilines is 1. The van der Waals surface area contributed by atoms with Gasteiger partial charge in [-0.1, -0.05) is 0 Å². The molecule has 1 saturated carbocycles. The molecule has 19 heavy (non-hydrogen) atoms. The Morgan fingerprint density at radius 3 is 2.79 bits per heavy atom. The lowest BCUT2D eigenvalue weighted by atomic mass is 9.49. The molecule has 1 aromatic heterocycles. The fourth-order valence-electron chi connectivity index (χ4n) is 1.95. The van der Waals surface area contributed by atoms with Crippen molar-refractivity contribution in [1.29, 1.82) is 0 Å². The van der Waals surface area contributed by atoms with Crippen LogP contribution in [0.3, 0.4) is 0 Å². The first-order valence-electron chi connectivity index (χ1n) is 6.43. The topological polar surface area (TPSA) is 76.4 Å². The second-order valence-corrected chi connectivity index (χ2v) is 6.23. The smallest absolute Gasteiger partial charge is 0.257 e. The second-order valence-electron chi connectivity index (χ2n) is 6.23. The van der Waals surface area contributed by atoms with E-state index in [0.717, 1.165) is 6.42 Å². The summed E-state index contributed by atoms with van der Waals surface area (Å²) >= 11 is 0. The highest BCUT2D eigenvalue weighted by atomic mass is 16.5. The molecule has 1 fully saturated rings. The Kier molecular flexibility index (Phi) is 3.42. The maximum atomic E-state index is 10.6. The van der Waals surface area contributed by atoms with Crippen LogP contribution in [0, 0.1) is 0 Å². The molecule has 2 N–H and O–H groups in total. The molecule has 1 aliphatic rings. The molecule has 0 radical (unpaired) electrons. The molecule has 6 nitrogen and oxygen atoms in total. The van der Waals surface area contributed by atoms with Crippen LogP contribution in [-0.4, -0.2) is 56.5 Å². The van der Waals surface area contributed by atoms with Gasteiger partial charge in [-0.25, -0.2) is 0 Å². The summed E-state index contributed by atoms with van der Waals surface area (Å²) in [5.41, 5.74) is -0.295. The lowest BCUT2D eigenvalue weighted by Crippen LogP contribution is -2.52. The molecule has 0 aromatic carbocycles. The molecule has 1 unspecified atom stereocenters. The molecule has 0 saturated heterocycles. The van der Waals surface area contributed by atoms with E-state index >= 15 is 0 Å². The van der Waals surface area contributed by atoms with E-state index in [4.69, 9.17) is 4.74 Å². The Bertz CT molecular complexity index is 484. The van der Waals surface area contributed by atoms with E-state index in [1.807, 2.05) is 23.5 Å². The second kappa shape index (κ2) is 4.63. The molecule has 1 heterocycles. The van der Waals surface area contributed by atoms with Crippen LogP contribution in [0.4, 0.5) is 5.69 Å². The number of aromatic nitrogens is 2. The van der Waals surface area contributed by atoms with Crippen LogP contribution in [0.15, 0.2) is 6.20 Å². The summed E-state index contributed by atoms with van der Waals surface area (Å²) in [6, 6.07) is 0. The third-order valence-electron chi connectivity index (χ3n) is 3.44. The average molecular weight is 261 g/mol. The van der Waals surface area contributed by atoms with Crippen molar-refractivity contribution in [2.24, 2.45) is 0 Å². The largest absolute Gasteiger partial charge is 0.469 e. The normalized spacial score (nSPS) is 26.5. The first-order valence-corrected chi connectivity index (χ1v) is 6.43. The van der Waals surface area contributed by atoms with Crippen LogP contribution >= 0.6 is 0 Å². The van der Waals surface area contributed by atoms with Gasteiger partial charge >= 0.3 is 0 Å². The van der Waals surface area contributed by atoms with Gasteiger partial charge in [0, 0.05) is 0 Å². The van der Waals surface area contributed by atoms with E-state index in [-0.39, 0.29) is 11.3 Å². The van der Waals surface area contributed by atoms with E-state index in [9.17, 15) is 9.90 Å². The van der Waals surface area contributed by atoms with Gasteiger partial charge in [0.2, 0.25) is 6.41 Å². The Labute approximate surface area is 115 Å². The van der Waals surface area contributed by atoms with Gasteiger partial charge in [0.05, 0.1) is 11.8 Å². The van der Waals surface area contributed by atoms with E-state index in [1.165, 1.54) is 0 Å². The molecule has 0 spiro atoms. The lowest BCUT2D eigenvalue weighted by Gasteiger charge is -2.41. The molecule has 1 aromatic rings. The Morgan fingerprint density at radius 2 is 2.37 bits per heavy atom. The van der Waals surface area contributed by atoms with E-state index < -0.39 is 5.60 Å². The number of nitrogens with zero attached hydrogens (tertiary/aromatic N) is 2. The summed E-state index contributed by atoms with van der Waals surface area (Å²) in [5, 5.41) is 16.7. The summed E-state index contributed by atoms with van der Waals surface area (Å²) in [6.07, 6.45) is 3.56. The number of aliphatic hydroxyl groups is 1. The number of hydrogen-bond donors (Lipinski definition) is 2. The average Bonchev–Trinajstić information content (AvgIpc) is 2.68. The zero-order valence-electron chi connectivity index (χ0n) is 11.8. The molecule has 9 heteroatoms. The molecular weight excluding hydrogens is 243 g/mol. The van der Waals surface area contributed by atoms with Gasteiger partial charge < -0.3 is 15.2 Å². The van der Waals surface area contributed by atoms with Gasteiger partial charge in [0.1, 0.15) is 35.3 Å². The van der Waals surface area contributed by atoms with Gasteiger partial charge in [0.15, 0.2) is 0 Å². The molecule has 1 amide bonds. The van der Waals surface area contributed by atoms with Crippen molar-refractivity contribution in [3.8, 4) is 5.88 Å². The fourth-order valence-corrected chi connectivity index (χ4v) is 1.95. The maximum absolute atomic E-state index is 10.6. The van der Waals surface area contributed by atoms with E-state index in [1.54, 1.807) is 17.8 Å². The number of rotatable bonds is 5. The summed E-state index contributed by atoms with van der Waals surface area (Å²) in [7, 11) is 6.02. The molecular formula is C10H18B3N3O3. The van der Waals surface area contributed by atoms with Crippen LogP contribution in [0.5, 0.6) is 5.88 Å². The van der Waals surface area contributed by atoms with Crippen molar-refractivity contribution in [3.05, 3.63) is 6.20 Å². The number of carbonyl (C=O) groups excluding carboxylic acids is 1. The first-order chi connectivity index (χ1) is 8.74. The summed E-state index contributed by atoms with van der Waals surface area (Å²) in [6.45, 7) is 1.74. The van der Waals surface area contributed by atoms with Crippen molar-refractivity contribution < 1.29 is 14.6 Å². The third-order valence-corrected chi connectivity index (χ3v) is 3.44. The predicted octanol–water partition coefficient (Wildman–Crippen LogP) is -2.79. The minimum atomic E-state index is -0.816. The minimum absolute atomic E-state index is 0.205. The number of hydrogen-bond acceptors (Lipinski definition) is 4. The highest BCUT2D eigenvalue weighted by molar-refractivity contribution is 6.56. The quantitative estimate of drug-likeness (QED) is 0.443. The Morgan fingerprint density at radius 1 is 1.68 bits per heavy atom. The van der Waals surface area contributed by atoms with Gasteiger partial charge in [-0.3, -0.25) is 9.48 Å². The van der Waals surface area contributed by atoms with Crippen molar-refractivity contribution in [1.82, 2.24) is 9.78 Å². The van der Waals surface area contributed by atoms with Crippen LogP contribution < -0.4 is 10.1 Å². The van der Waals surface area contributed by atoms with E-state index in [2.05, 4.69) is 10.4 Å². The standard InChI is InChI=1S/C10H18B3N3O3/c1-9(18)3-2-7(9)19-8-6(14-5-17)4-16(15-8)10(11,12)13/h4-5,7,18H,2-3,11-13H2,1H3,(H,14,17)/t7?,9-/m1/s1. The number of ether oxygens (including phenoxy) is 1. The van der Waals surface area contributed by atoms with Gasteiger partial charge in [-0.15, -0.1) is 5.10 Å². The molecule has 2 atom stereocenters. The number of nitrogens with one attached hydrogen (secondary N) is 1. The monoisotopic (exact) mass is 261 g/mol. The Balaban J connectivity index is 2.23. The molecule has 0 bridgehead atoms. The van der Waals surface area contributed by atoms with Gasteiger partial charge in [-0.05, 0) is 25.0 Å². The van der Waals surface area contributed by atoms with Gasteiger partial charge in [-0.2, -0.15) is 0 Å². The zero-order chi connectivity index (χ0) is 14.3. The fraction of sp³-hybridized carbons (Fsp3) is 0.600. The highest BCUT2D eigenvalue weighted by Gasteiger charge is 2.43. The molecule has 2 rings (SSSR count). The van der Waals surface area contributed by atoms with Crippen LogP contribution in [0.1, 0.15) is 19.8 Å². The van der Waals surface area contributed by atoms with Crippen molar-refractivity contribution in [3.63, 3.8) is 0 Å². The van der Waals surface area contributed by atoms with Crippen LogP contribution in [-0.2, 0) is 10.0 Å². The van der Waals surface area contributed by atoms with Crippen molar-refractivity contribution in [2.45, 2.75) is 36.7 Å². The SMILES string of the molecule is BC(B)(B)n1cc(NC=O)c(OC2CC[C@@]2(C)O)n1. The van der Waals surface area contributed by atoms with Crippen LogP contribution in [0.2, 0.25) is 0 Å². The predicted molar refractivity (Wildman–Crippen MR) is 79.8 cm³/mol. The zero-order valence-corrected chi connectivity index (χ0v) is 11.8. The maximum Gasteiger partial charge on any atom is 0.257 e. The number of amides is 1. The number of carbonyl (C=O) groups is 1. The summed E-state index contributed by atoms with van der Waals surface area (Å²) in [4.78, 5) is 10.6. The summed E-state index contributed by atoms with van der Waals surface area (Å²) < 4.78 is 7.46. The van der Waals surface area contributed by atoms with Crippen molar-refractivity contribution in [2.75, 3.05) is 5.32 Å². The third kappa shape index (κ3) is 2.81. The first kappa shape index (κ1) is 14.1. The minimum Gasteiger partial charge on any atom is -0.469 e. The van der Waals surface area contributed by atoms with Crippen LogP contribution in [0.25, 0.3) is 0 Å². The summed E-state index contributed by atoms with van der Waals surface area (Å²) in [5.74, 6) is 0.354. The highest BCUT2D eigenvalue weighted by Crippen LogP contribution is 2.36. The van der Waals surface area contributed by atoms with E-state index in [0.29, 0.717) is 24.4 Å². The Hall–Kier alpha value is -1.37.